The summed E-state index contributed by atoms with van der Waals surface area (Å²) in [7, 11) is 0. The fourth-order valence-electron chi connectivity index (χ4n) is 3.97. The average Bonchev–Trinajstić information content (AvgIpc) is 2.60. The SMILES string of the molecule is Cc1cc(C)cc(C(C(=O)NC(C)C)N(C(=O)C(CO)NC(=O)OC(C)(C)C)C2CCC2)c1. The Kier molecular flexibility index (Phi) is 8.89. The number of amides is 3. The van der Waals surface area contributed by atoms with Gasteiger partial charge < -0.3 is 25.4 Å². The van der Waals surface area contributed by atoms with E-state index < -0.39 is 36.3 Å². The monoisotopic (exact) mass is 461 g/mol. The summed E-state index contributed by atoms with van der Waals surface area (Å²) in [4.78, 5) is 41.0. The molecule has 2 unspecified atom stereocenters. The van der Waals surface area contributed by atoms with Crippen molar-refractivity contribution >= 4 is 17.9 Å². The van der Waals surface area contributed by atoms with Gasteiger partial charge in [-0.05, 0) is 73.3 Å². The fraction of sp³-hybridized carbons (Fsp3) is 0.640. The van der Waals surface area contributed by atoms with Crippen LogP contribution in [0.2, 0.25) is 0 Å². The van der Waals surface area contributed by atoms with Gasteiger partial charge in [0.05, 0.1) is 6.61 Å². The molecule has 1 aliphatic rings. The maximum atomic E-state index is 13.7. The van der Waals surface area contributed by atoms with E-state index in [2.05, 4.69) is 10.6 Å². The van der Waals surface area contributed by atoms with Crippen LogP contribution in [0.25, 0.3) is 0 Å². The van der Waals surface area contributed by atoms with Crippen molar-refractivity contribution in [3.8, 4) is 0 Å². The number of rotatable bonds is 8. The lowest BCUT2D eigenvalue weighted by atomic mass is 9.87. The van der Waals surface area contributed by atoms with Gasteiger partial charge in [-0.15, -0.1) is 0 Å². The van der Waals surface area contributed by atoms with E-state index >= 15 is 0 Å². The second-order valence-electron chi connectivity index (χ2n) is 10.2. The minimum absolute atomic E-state index is 0.113. The van der Waals surface area contributed by atoms with Gasteiger partial charge in [0, 0.05) is 12.1 Å². The number of benzene rings is 1. The average molecular weight is 462 g/mol. The lowest BCUT2D eigenvalue weighted by molar-refractivity contribution is -0.148. The van der Waals surface area contributed by atoms with Crippen molar-refractivity contribution in [2.45, 2.75) is 97.5 Å². The molecular weight excluding hydrogens is 422 g/mol. The van der Waals surface area contributed by atoms with Crippen LogP contribution in [-0.2, 0) is 14.3 Å². The highest BCUT2D eigenvalue weighted by atomic mass is 16.6. The summed E-state index contributed by atoms with van der Waals surface area (Å²) in [5, 5.41) is 15.4. The molecule has 0 aromatic heterocycles. The van der Waals surface area contributed by atoms with Crippen LogP contribution in [0.5, 0.6) is 0 Å². The molecule has 1 fully saturated rings. The van der Waals surface area contributed by atoms with Gasteiger partial charge in [-0.3, -0.25) is 9.59 Å². The van der Waals surface area contributed by atoms with Crippen LogP contribution in [0.4, 0.5) is 4.79 Å². The molecule has 2 rings (SSSR count). The number of aryl methyl sites for hydroxylation is 2. The number of nitrogens with one attached hydrogen (secondary N) is 2. The summed E-state index contributed by atoms with van der Waals surface area (Å²) in [6.45, 7) is 12.2. The number of ether oxygens (including phenoxy) is 1. The number of hydrogen-bond donors (Lipinski definition) is 3. The van der Waals surface area contributed by atoms with Crippen molar-refractivity contribution in [3.05, 3.63) is 34.9 Å². The van der Waals surface area contributed by atoms with E-state index in [1.54, 1.807) is 25.7 Å². The maximum absolute atomic E-state index is 13.7. The van der Waals surface area contributed by atoms with E-state index in [4.69, 9.17) is 4.74 Å². The third-order valence-electron chi connectivity index (χ3n) is 5.41. The van der Waals surface area contributed by atoms with Crippen LogP contribution in [0.1, 0.15) is 76.6 Å². The predicted molar refractivity (Wildman–Crippen MR) is 127 cm³/mol. The molecule has 0 radical (unpaired) electrons. The summed E-state index contributed by atoms with van der Waals surface area (Å²) >= 11 is 0. The molecule has 0 bridgehead atoms. The second kappa shape index (κ2) is 11.0. The Morgan fingerprint density at radius 2 is 1.67 bits per heavy atom. The lowest BCUT2D eigenvalue weighted by Crippen LogP contribution is -2.58. The number of carbonyl (C=O) groups is 3. The Labute approximate surface area is 197 Å². The zero-order valence-corrected chi connectivity index (χ0v) is 20.9. The van der Waals surface area contributed by atoms with E-state index in [1.807, 2.05) is 45.9 Å². The first kappa shape index (κ1) is 26.6. The lowest BCUT2D eigenvalue weighted by Gasteiger charge is -2.43. The van der Waals surface area contributed by atoms with Gasteiger partial charge in [0.2, 0.25) is 11.8 Å². The van der Waals surface area contributed by atoms with Gasteiger partial charge in [-0.1, -0.05) is 29.3 Å². The van der Waals surface area contributed by atoms with Crippen molar-refractivity contribution in [1.29, 1.82) is 0 Å². The quantitative estimate of drug-likeness (QED) is 0.551. The smallest absolute Gasteiger partial charge is 0.408 e. The molecule has 3 amide bonds. The molecule has 2 atom stereocenters. The highest BCUT2D eigenvalue weighted by Crippen LogP contribution is 2.34. The molecule has 1 aromatic carbocycles. The van der Waals surface area contributed by atoms with Crippen molar-refractivity contribution in [1.82, 2.24) is 15.5 Å². The minimum Gasteiger partial charge on any atom is -0.444 e. The molecule has 3 N–H and O–H groups in total. The molecule has 0 saturated heterocycles. The van der Waals surface area contributed by atoms with Crippen LogP contribution in [0, 0.1) is 13.8 Å². The van der Waals surface area contributed by atoms with Crippen molar-refractivity contribution in [3.63, 3.8) is 0 Å². The van der Waals surface area contributed by atoms with E-state index in [0.29, 0.717) is 5.56 Å². The Hall–Kier alpha value is -2.61. The highest BCUT2D eigenvalue weighted by Gasteiger charge is 2.42. The van der Waals surface area contributed by atoms with Crippen molar-refractivity contribution in [2.75, 3.05) is 6.61 Å². The summed E-state index contributed by atoms with van der Waals surface area (Å²) in [6.07, 6.45) is 1.67. The van der Waals surface area contributed by atoms with Gasteiger partial charge in [-0.2, -0.15) is 0 Å². The molecule has 0 aliphatic heterocycles. The first-order valence-electron chi connectivity index (χ1n) is 11.6. The van der Waals surface area contributed by atoms with Crippen LogP contribution >= 0.6 is 0 Å². The Balaban J connectivity index is 2.46. The van der Waals surface area contributed by atoms with Gasteiger partial charge in [0.1, 0.15) is 17.7 Å². The summed E-state index contributed by atoms with van der Waals surface area (Å²) in [5.74, 6) is -0.791. The highest BCUT2D eigenvalue weighted by molar-refractivity contribution is 5.92. The number of hydrogen-bond acceptors (Lipinski definition) is 5. The van der Waals surface area contributed by atoms with E-state index in [1.165, 1.54) is 0 Å². The van der Waals surface area contributed by atoms with E-state index in [0.717, 1.165) is 30.4 Å². The molecule has 1 saturated carbocycles. The van der Waals surface area contributed by atoms with E-state index in [-0.39, 0.29) is 18.0 Å². The maximum Gasteiger partial charge on any atom is 0.408 e. The predicted octanol–water partition coefficient (Wildman–Crippen LogP) is 3.14. The van der Waals surface area contributed by atoms with Crippen LogP contribution in [-0.4, -0.2) is 58.2 Å². The summed E-state index contributed by atoms with van der Waals surface area (Å²) in [6, 6.07) is 3.46. The Bertz CT molecular complexity index is 838. The van der Waals surface area contributed by atoms with Crippen LogP contribution in [0.15, 0.2) is 18.2 Å². The zero-order chi connectivity index (χ0) is 24.9. The van der Waals surface area contributed by atoms with Crippen LogP contribution in [0.3, 0.4) is 0 Å². The minimum atomic E-state index is -1.22. The summed E-state index contributed by atoms with van der Waals surface area (Å²) in [5.41, 5.74) is 1.93. The third kappa shape index (κ3) is 7.45. The first-order chi connectivity index (χ1) is 15.3. The summed E-state index contributed by atoms with van der Waals surface area (Å²) < 4.78 is 5.27. The van der Waals surface area contributed by atoms with Gasteiger partial charge in [0.15, 0.2) is 0 Å². The molecule has 1 aliphatic carbocycles. The Morgan fingerprint density at radius 1 is 1.09 bits per heavy atom. The van der Waals surface area contributed by atoms with Crippen molar-refractivity contribution < 1.29 is 24.2 Å². The van der Waals surface area contributed by atoms with Gasteiger partial charge in [-0.25, -0.2) is 4.79 Å². The van der Waals surface area contributed by atoms with E-state index in [9.17, 15) is 19.5 Å². The molecule has 0 heterocycles. The standard InChI is InChI=1S/C25H39N3O5/c1-15(2)26-22(30)21(18-12-16(3)11-17(4)13-18)28(19-9-8-10-19)23(31)20(14-29)27-24(32)33-25(5,6)7/h11-13,15,19-21,29H,8-10,14H2,1-7H3,(H,26,30)(H,27,32). The second-order valence-corrected chi connectivity index (χ2v) is 10.2. The third-order valence-corrected chi connectivity index (χ3v) is 5.41. The molecule has 184 valence electrons. The Morgan fingerprint density at radius 3 is 2.09 bits per heavy atom. The zero-order valence-electron chi connectivity index (χ0n) is 20.9. The molecule has 0 spiro atoms. The van der Waals surface area contributed by atoms with Crippen LogP contribution < -0.4 is 10.6 Å². The number of nitrogens with zero attached hydrogens (tertiary/aromatic N) is 1. The number of aliphatic hydroxyl groups excluding tert-OH is 1. The molecule has 33 heavy (non-hydrogen) atoms. The molecule has 8 heteroatoms. The van der Waals surface area contributed by atoms with Gasteiger partial charge in [0.25, 0.3) is 0 Å². The number of carbonyl (C=O) groups excluding carboxylic acids is 3. The normalized spacial score (nSPS) is 15.9. The largest absolute Gasteiger partial charge is 0.444 e. The van der Waals surface area contributed by atoms with Gasteiger partial charge >= 0.3 is 6.09 Å². The molecule has 8 nitrogen and oxygen atoms in total. The van der Waals surface area contributed by atoms with Crippen molar-refractivity contribution in [2.24, 2.45) is 0 Å². The fourth-order valence-corrected chi connectivity index (χ4v) is 3.97. The number of alkyl carbamates (subject to hydrolysis) is 1. The molecule has 1 aromatic rings. The first-order valence-corrected chi connectivity index (χ1v) is 11.6. The topological polar surface area (TPSA) is 108 Å². The number of aliphatic hydroxyl groups is 1. The molecular formula is C25H39N3O5.